The van der Waals surface area contributed by atoms with E-state index in [-0.39, 0.29) is 0 Å². The molecule has 0 amide bonds. The Labute approximate surface area is 110 Å². The summed E-state index contributed by atoms with van der Waals surface area (Å²) in [6, 6.07) is 7.82. The number of hydrogen-bond donors (Lipinski definition) is 2. The third-order valence-corrected chi connectivity index (χ3v) is 3.11. The minimum atomic E-state index is 0.530. The van der Waals surface area contributed by atoms with E-state index in [1.54, 1.807) is 11.8 Å². The fourth-order valence-corrected chi connectivity index (χ4v) is 2.10. The number of nitrogens with zero attached hydrogens (tertiary/aromatic N) is 2. The second kappa shape index (κ2) is 6.42. The van der Waals surface area contributed by atoms with E-state index in [0.717, 1.165) is 28.0 Å². The Morgan fingerprint density at radius 1 is 1.44 bits per heavy atom. The van der Waals surface area contributed by atoms with E-state index in [1.165, 1.54) is 0 Å². The van der Waals surface area contributed by atoms with Crippen LogP contribution in [0.5, 0.6) is 5.75 Å². The standard InChI is InChI=1S/C12H16N4OS/c1-9-14-12(16-15-9)18-6-5-17-11-4-2-3-10(7-11)8-13/h2-4,7H,5-6,8,13H2,1H3,(H,14,15,16). The summed E-state index contributed by atoms with van der Waals surface area (Å²) >= 11 is 1.57. The number of aromatic nitrogens is 3. The molecule has 1 aromatic carbocycles. The first-order chi connectivity index (χ1) is 8.78. The number of thioether (sulfide) groups is 1. The molecule has 0 saturated carbocycles. The van der Waals surface area contributed by atoms with E-state index in [1.807, 2.05) is 31.2 Å². The number of ether oxygens (including phenoxy) is 1. The van der Waals surface area contributed by atoms with Gasteiger partial charge in [-0.1, -0.05) is 23.9 Å². The number of nitrogens with two attached hydrogens (primary N) is 1. The van der Waals surface area contributed by atoms with Crippen LogP contribution in [0.3, 0.4) is 0 Å². The largest absolute Gasteiger partial charge is 0.493 e. The van der Waals surface area contributed by atoms with Crippen LogP contribution in [0.25, 0.3) is 0 Å². The topological polar surface area (TPSA) is 76.8 Å². The summed E-state index contributed by atoms with van der Waals surface area (Å²) in [5, 5.41) is 7.60. The number of nitrogens with one attached hydrogen (secondary N) is 1. The minimum Gasteiger partial charge on any atom is -0.493 e. The van der Waals surface area contributed by atoms with Gasteiger partial charge in [0.2, 0.25) is 5.16 Å². The summed E-state index contributed by atoms with van der Waals surface area (Å²) < 4.78 is 5.63. The molecule has 6 heteroatoms. The summed E-state index contributed by atoms with van der Waals surface area (Å²) in [6.07, 6.45) is 0. The highest BCUT2D eigenvalue weighted by Gasteiger charge is 2.01. The van der Waals surface area contributed by atoms with Crippen LogP contribution in [0.15, 0.2) is 29.4 Å². The van der Waals surface area contributed by atoms with E-state index in [0.29, 0.717) is 13.2 Å². The molecule has 2 aromatic rings. The molecular weight excluding hydrogens is 248 g/mol. The van der Waals surface area contributed by atoms with Crippen LogP contribution in [0, 0.1) is 6.92 Å². The van der Waals surface area contributed by atoms with Gasteiger partial charge in [0, 0.05) is 12.3 Å². The van der Waals surface area contributed by atoms with Gasteiger partial charge >= 0.3 is 0 Å². The molecule has 0 aliphatic rings. The third kappa shape index (κ3) is 3.75. The van der Waals surface area contributed by atoms with Crippen LogP contribution in [-0.4, -0.2) is 27.5 Å². The highest BCUT2D eigenvalue weighted by atomic mass is 32.2. The Morgan fingerprint density at radius 2 is 2.33 bits per heavy atom. The van der Waals surface area contributed by atoms with E-state index < -0.39 is 0 Å². The smallest absolute Gasteiger partial charge is 0.208 e. The Balaban J connectivity index is 1.74. The molecule has 0 bridgehead atoms. The van der Waals surface area contributed by atoms with E-state index in [2.05, 4.69) is 15.2 Å². The lowest BCUT2D eigenvalue weighted by molar-refractivity contribution is 0.343. The predicted molar refractivity (Wildman–Crippen MR) is 71.7 cm³/mol. The van der Waals surface area contributed by atoms with E-state index >= 15 is 0 Å². The summed E-state index contributed by atoms with van der Waals surface area (Å²) in [5.74, 6) is 2.49. The maximum Gasteiger partial charge on any atom is 0.208 e. The molecule has 0 saturated heterocycles. The highest BCUT2D eigenvalue weighted by Crippen LogP contribution is 2.15. The Bertz CT molecular complexity index is 500. The molecule has 0 aliphatic heterocycles. The predicted octanol–water partition coefficient (Wildman–Crippen LogP) is 1.74. The van der Waals surface area contributed by atoms with Gasteiger partial charge in [0.15, 0.2) is 0 Å². The fraction of sp³-hybridized carbons (Fsp3) is 0.333. The van der Waals surface area contributed by atoms with Crippen molar-refractivity contribution in [2.75, 3.05) is 12.4 Å². The highest BCUT2D eigenvalue weighted by molar-refractivity contribution is 7.99. The summed E-state index contributed by atoms with van der Waals surface area (Å²) in [7, 11) is 0. The molecule has 1 aromatic heterocycles. The normalized spacial score (nSPS) is 10.6. The van der Waals surface area contributed by atoms with Crippen LogP contribution >= 0.6 is 11.8 Å². The molecule has 18 heavy (non-hydrogen) atoms. The molecule has 1 heterocycles. The summed E-state index contributed by atoms with van der Waals surface area (Å²) in [5.41, 5.74) is 6.65. The molecule has 96 valence electrons. The van der Waals surface area contributed by atoms with Crippen molar-refractivity contribution in [1.82, 2.24) is 15.2 Å². The minimum absolute atomic E-state index is 0.530. The van der Waals surface area contributed by atoms with Gasteiger partial charge in [-0.3, -0.25) is 5.10 Å². The molecule has 0 radical (unpaired) electrons. The van der Waals surface area contributed by atoms with Crippen molar-refractivity contribution < 1.29 is 4.74 Å². The average Bonchev–Trinajstić information content (AvgIpc) is 2.81. The van der Waals surface area contributed by atoms with Gasteiger partial charge in [-0.15, -0.1) is 5.10 Å². The third-order valence-electron chi connectivity index (χ3n) is 2.29. The van der Waals surface area contributed by atoms with Crippen LogP contribution in [0.4, 0.5) is 0 Å². The molecule has 0 fully saturated rings. The van der Waals surface area contributed by atoms with Crippen molar-refractivity contribution >= 4 is 11.8 Å². The van der Waals surface area contributed by atoms with Crippen molar-refractivity contribution in [2.45, 2.75) is 18.6 Å². The van der Waals surface area contributed by atoms with Crippen LogP contribution < -0.4 is 10.5 Å². The Kier molecular flexibility index (Phi) is 4.60. The average molecular weight is 264 g/mol. The second-order valence-corrected chi connectivity index (χ2v) is 4.81. The van der Waals surface area contributed by atoms with Gasteiger partial charge < -0.3 is 10.5 Å². The first-order valence-corrected chi connectivity index (χ1v) is 6.70. The van der Waals surface area contributed by atoms with Crippen molar-refractivity contribution in [2.24, 2.45) is 5.73 Å². The number of aryl methyl sites for hydroxylation is 1. The van der Waals surface area contributed by atoms with Gasteiger partial charge in [-0.05, 0) is 24.6 Å². The Hall–Kier alpha value is -1.53. The SMILES string of the molecule is Cc1nc(SCCOc2cccc(CN)c2)n[nH]1. The van der Waals surface area contributed by atoms with E-state index in [9.17, 15) is 0 Å². The molecule has 0 spiro atoms. The zero-order valence-electron chi connectivity index (χ0n) is 10.2. The molecule has 5 nitrogen and oxygen atoms in total. The van der Waals surface area contributed by atoms with Crippen LogP contribution in [0.2, 0.25) is 0 Å². The lowest BCUT2D eigenvalue weighted by Crippen LogP contribution is -2.02. The number of hydrogen-bond acceptors (Lipinski definition) is 5. The first-order valence-electron chi connectivity index (χ1n) is 5.71. The van der Waals surface area contributed by atoms with Gasteiger partial charge in [0.25, 0.3) is 0 Å². The van der Waals surface area contributed by atoms with Gasteiger partial charge in [0.05, 0.1) is 6.61 Å². The molecule has 3 N–H and O–H groups in total. The van der Waals surface area contributed by atoms with Crippen LogP contribution in [0.1, 0.15) is 11.4 Å². The molecular formula is C12H16N4OS. The van der Waals surface area contributed by atoms with E-state index in [4.69, 9.17) is 10.5 Å². The maximum atomic E-state index is 5.63. The number of aromatic amines is 1. The molecule has 0 aliphatic carbocycles. The first kappa shape index (κ1) is 12.9. The number of H-pyrrole nitrogens is 1. The maximum absolute atomic E-state index is 5.63. The zero-order chi connectivity index (χ0) is 12.8. The van der Waals surface area contributed by atoms with Gasteiger partial charge in [0.1, 0.15) is 11.6 Å². The molecule has 0 unspecified atom stereocenters. The molecule has 2 rings (SSSR count). The van der Waals surface area contributed by atoms with Crippen LogP contribution in [-0.2, 0) is 6.54 Å². The van der Waals surface area contributed by atoms with Crippen molar-refractivity contribution in [3.05, 3.63) is 35.7 Å². The molecule has 0 atom stereocenters. The monoisotopic (exact) mass is 264 g/mol. The van der Waals surface area contributed by atoms with Gasteiger partial charge in [-0.25, -0.2) is 4.98 Å². The van der Waals surface area contributed by atoms with Crippen molar-refractivity contribution in [3.8, 4) is 5.75 Å². The summed E-state index contributed by atoms with van der Waals surface area (Å²) in [4.78, 5) is 4.21. The Morgan fingerprint density at radius 3 is 3.06 bits per heavy atom. The van der Waals surface area contributed by atoms with Crippen molar-refractivity contribution in [3.63, 3.8) is 0 Å². The quantitative estimate of drug-likeness (QED) is 0.614. The van der Waals surface area contributed by atoms with Crippen molar-refractivity contribution in [1.29, 1.82) is 0 Å². The van der Waals surface area contributed by atoms with Gasteiger partial charge in [-0.2, -0.15) is 0 Å². The summed E-state index contributed by atoms with van der Waals surface area (Å²) in [6.45, 7) is 3.03. The number of benzene rings is 1. The lowest BCUT2D eigenvalue weighted by Gasteiger charge is -2.06. The zero-order valence-corrected chi connectivity index (χ0v) is 11.0. The number of rotatable bonds is 6. The fourth-order valence-electron chi connectivity index (χ4n) is 1.44. The lowest BCUT2D eigenvalue weighted by atomic mass is 10.2. The second-order valence-electron chi connectivity index (χ2n) is 3.75.